The van der Waals surface area contributed by atoms with E-state index >= 15 is 0 Å². The fourth-order valence-electron chi connectivity index (χ4n) is 4.43. The van der Waals surface area contributed by atoms with Crippen LogP contribution >= 0.6 is 0 Å². The molecule has 2 atom stereocenters. The average Bonchev–Trinajstić information content (AvgIpc) is 3.03. The molecule has 23 heavy (non-hydrogen) atoms. The molecule has 6 nitrogen and oxygen atoms in total. The standard InChI is InChI=1S/C17H27N3O3/c1-12-9-13(2)11-19(10-12)14(21)5-8-20-15(22)17(18-16(20)23)6-3-4-7-17/h12-13H,3-11H2,1-2H3,(H,18,23). The largest absolute Gasteiger partial charge is 0.342 e. The number of imide groups is 1. The summed E-state index contributed by atoms with van der Waals surface area (Å²) in [6.45, 7) is 6.10. The van der Waals surface area contributed by atoms with E-state index in [0.717, 1.165) is 45.2 Å². The number of nitrogens with one attached hydrogen (secondary N) is 1. The summed E-state index contributed by atoms with van der Waals surface area (Å²) in [6, 6.07) is -0.329. The van der Waals surface area contributed by atoms with Crippen LogP contribution in [0.1, 0.15) is 52.4 Å². The fourth-order valence-corrected chi connectivity index (χ4v) is 4.43. The van der Waals surface area contributed by atoms with E-state index in [1.54, 1.807) is 0 Å². The molecule has 2 aliphatic heterocycles. The third-order valence-corrected chi connectivity index (χ3v) is 5.47. The van der Waals surface area contributed by atoms with Crippen molar-refractivity contribution < 1.29 is 14.4 Å². The Balaban J connectivity index is 1.56. The van der Waals surface area contributed by atoms with Crippen molar-refractivity contribution >= 4 is 17.8 Å². The van der Waals surface area contributed by atoms with Gasteiger partial charge in [0.1, 0.15) is 5.54 Å². The Bertz CT molecular complexity index is 503. The van der Waals surface area contributed by atoms with E-state index in [2.05, 4.69) is 19.2 Å². The summed E-state index contributed by atoms with van der Waals surface area (Å²) in [5, 5.41) is 2.86. The molecule has 128 valence electrons. The summed E-state index contributed by atoms with van der Waals surface area (Å²) in [6.07, 6.45) is 4.78. The summed E-state index contributed by atoms with van der Waals surface area (Å²) in [7, 11) is 0. The van der Waals surface area contributed by atoms with Gasteiger partial charge in [0.25, 0.3) is 5.91 Å². The minimum absolute atomic E-state index is 0.0522. The van der Waals surface area contributed by atoms with Gasteiger partial charge in [0.05, 0.1) is 0 Å². The summed E-state index contributed by atoms with van der Waals surface area (Å²) in [5.74, 6) is 0.951. The quantitative estimate of drug-likeness (QED) is 0.805. The van der Waals surface area contributed by atoms with Gasteiger partial charge in [-0.05, 0) is 31.1 Å². The highest BCUT2D eigenvalue weighted by atomic mass is 16.2. The first-order chi connectivity index (χ1) is 10.9. The molecule has 0 bridgehead atoms. The van der Waals surface area contributed by atoms with Gasteiger partial charge in [0.15, 0.2) is 0 Å². The van der Waals surface area contributed by atoms with E-state index in [1.165, 1.54) is 4.90 Å². The Morgan fingerprint density at radius 1 is 1.17 bits per heavy atom. The highest BCUT2D eigenvalue weighted by Crippen LogP contribution is 2.35. The van der Waals surface area contributed by atoms with E-state index in [1.807, 2.05) is 4.90 Å². The van der Waals surface area contributed by atoms with E-state index in [0.29, 0.717) is 11.8 Å². The Hall–Kier alpha value is -1.59. The molecular formula is C17H27N3O3. The number of likely N-dealkylation sites (tertiary alicyclic amines) is 1. The minimum Gasteiger partial charge on any atom is -0.342 e. The number of rotatable bonds is 3. The molecule has 0 aromatic carbocycles. The molecule has 3 rings (SSSR count). The number of amides is 4. The maximum absolute atomic E-state index is 12.6. The molecule has 6 heteroatoms. The number of urea groups is 1. The lowest BCUT2D eigenvalue weighted by molar-refractivity contribution is -0.135. The van der Waals surface area contributed by atoms with Crippen LogP contribution in [0.4, 0.5) is 4.79 Å². The first-order valence-electron chi connectivity index (χ1n) is 8.83. The number of hydrogen-bond donors (Lipinski definition) is 1. The van der Waals surface area contributed by atoms with Crippen LogP contribution in [-0.2, 0) is 9.59 Å². The second-order valence-electron chi connectivity index (χ2n) is 7.67. The van der Waals surface area contributed by atoms with Gasteiger partial charge in [-0.1, -0.05) is 26.7 Å². The SMILES string of the molecule is CC1CC(C)CN(C(=O)CCN2C(=O)NC3(CCCC3)C2=O)C1. The van der Waals surface area contributed by atoms with Crippen LogP contribution in [0.15, 0.2) is 0 Å². The van der Waals surface area contributed by atoms with Crippen molar-refractivity contribution in [1.29, 1.82) is 0 Å². The lowest BCUT2D eigenvalue weighted by Gasteiger charge is -2.35. The molecule has 1 aliphatic carbocycles. The van der Waals surface area contributed by atoms with Crippen molar-refractivity contribution in [2.75, 3.05) is 19.6 Å². The lowest BCUT2D eigenvalue weighted by atomic mass is 9.92. The molecule has 0 aromatic heterocycles. The van der Waals surface area contributed by atoms with Crippen molar-refractivity contribution in [2.45, 2.75) is 57.9 Å². The molecule has 3 aliphatic rings. The zero-order valence-electron chi connectivity index (χ0n) is 14.1. The van der Waals surface area contributed by atoms with Gasteiger partial charge >= 0.3 is 6.03 Å². The van der Waals surface area contributed by atoms with E-state index in [9.17, 15) is 14.4 Å². The Labute approximate surface area is 137 Å². The Kier molecular flexibility index (Phi) is 4.34. The van der Waals surface area contributed by atoms with Crippen LogP contribution in [0.25, 0.3) is 0 Å². The molecule has 2 unspecified atom stereocenters. The molecule has 1 spiro atoms. The van der Waals surface area contributed by atoms with Gasteiger partial charge in [-0.2, -0.15) is 0 Å². The second-order valence-corrected chi connectivity index (χ2v) is 7.67. The van der Waals surface area contributed by atoms with Gasteiger partial charge < -0.3 is 10.2 Å². The van der Waals surface area contributed by atoms with Crippen LogP contribution in [-0.4, -0.2) is 52.8 Å². The number of hydrogen-bond acceptors (Lipinski definition) is 3. The molecule has 2 heterocycles. The molecule has 0 radical (unpaired) electrons. The van der Waals surface area contributed by atoms with Gasteiger partial charge in [-0.3, -0.25) is 14.5 Å². The fraction of sp³-hybridized carbons (Fsp3) is 0.824. The highest BCUT2D eigenvalue weighted by molar-refractivity contribution is 6.07. The van der Waals surface area contributed by atoms with Crippen LogP contribution in [0, 0.1) is 11.8 Å². The molecule has 2 saturated heterocycles. The number of carbonyl (C=O) groups excluding carboxylic acids is 3. The van der Waals surface area contributed by atoms with Crippen molar-refractivity contribution in [3.63, 3.8) is 0 Å². The van der Waals surface area contributed by atoms with Gasteiger partial charge in [0, 0.05) is 26.1 Å². The number of nitrogens with zero attached hydrogens (tertiary/aromatic N) is 2. The first-order valence-corrected chi connectivity index (χ1v) is 8.83. The maximum atomic E-state index is 12.6. The highest BCUT2D eigenvalue weighted by Gasteiger charge is 2.52. The molecule has 4 amide bonds. The zero-order valence-corrected chi connectivity index (χ0v) is 14.1. The van der Waals surface area contributed by atoms with Crippen LogP contribution < -0.4 is 5.32 Å². The summed E-state index contributed by atoms with van der Waals surface area (Å²) in [4.78, 5) is 40.2. The topological polar surface area (TPSA) is 69.7 Å². The smallest absolute Gasteiger partial charge is 0.325 e. The van der Waals surface area contributed by atoms with Crippen molar-refractivity contribution in [3.05, 3.63) is 0 Å². The maximum Gasteiger partial charge on any atom is 0.325 e. The van der Waals surface area contributed by atoms with Crippen LogP contribution in [0.5, 0.6) is 0 Å². The van der Waals surface area contributed by atoms with E-state index in [-0.39, 0.29) is 30.8 Å². The predicted octanol–water partition coefficient (Wildman–Crippen LogP) is 1.75. The van der Waals surface area contributed by atoms with E-state index in [4.69, 9.17) is 0 Å². The summed E-state index contributed by atoms with van der Waals surface area (Å²) in [5.41, 5.74) is -0.672. The van der Waals surface area contributed by atoms with Gasteiger partial charge in [0.2, 0.25) is 5.91 Å². The van der Waals surface area contributed by atoms with E-state index < -0.39 is 5.54 Å². The molecule has 3 fully saturated rings. The Morgan fingerprint density at radius 2 is 1.78 bits per heavy atom. The number of piperidine rings is 1. The predicted molar refractivity (Wildman–Crippen MR) is 85.6 cm³/mol. The normalized spacial score (nSPS) is 30.2. The van der Waals surface area contributed by atoms with Crippen molar-refractivity contribution in [2.24, 2.45) is 11.8 Å². The molecular weight excluding hydrogens is 294 g/mol. The van der Waals surface area contributed by atoms with Gasteiger partial charge in [-0.15, -0.1) is 0 Å². The third kappa shape index (κ3) is 3.08. The van der Waals surface area contributed by atoms with Crippen molar-refractivity contribution in [3.8, 4) is 0 Å². The van der Waals surface area contributed by atoms with Crippen molar-refractivity contribution in [1.82, 2.24) is 15.1 Å². The van der Waals surface area contributed by atoms with Gasteiger partial charge in [-0.25, -0.2) is 4.79 Å². The monoisotopic (exact) mass is 321 g/mol. The van der Waals surface area contributed by atoms with Crippen LogP contribution in [0.2, 0.25) is 0 Å². The lowest BCUT2D eigenvalue weighted by Crippen LogP contribution is -2.45. The van der Waals surface area contributed by atoms with Crippen LogP contribution in [0.3, 0.4) is 0 Å². The second kappa shape index (κ2) is 6.13. The zero-order chi connectivity index (χ0) is 16.6. The third-order valence-electron chi connectivity index (χ3n) is 5.47. The first kappa shape index (κ1) is 16.3. The minimum atomic E-state index is -0.672. The number of carbonyl (C=O) groups is 3. The summed E-state index contributed by atoms with van der Waals surface area (Å²) >= 11 is 0. The summed E-state index contributed by atoms with van der Waals surface area (Å²) < 4.78 is 0. The molecule has 0 aromatic rings. The average molecular weight is 321 g/mol. The molecule has 1 saturated carbocycles. The molecule has 1 N–H and O–H groups in total. The Morgan fingerprint density at radius 3 is 2.39 bits per heavy atom.